The van der Waals surface area contributed by atoms with Crippen molar-refractivity contribution in [3.8, 4) is 34.0 Å². The lowest BCUT2D eigenvalue weighted by Gasteiger charge is -2.14. The lowest BCUT2D eigenvalue weighted by molar-refractivity contribution is -0.274. The molecule has 0 unspecified atom stereocenters. The maximum Gasteiger partial charge on any atom is 0.573 e. The Labute approximate surface area is 340 Å². The van der Waals surface area contributed by atoms with Crippen LogP contribution in [0, 0.1) is 20.8 Å². The van der Waals surface area contributed by atoms with Crippen LogP contribution in [-0.2, 0) is 4.74 Å². The normalized spacial score (nSPS) is 12.1. The van der Waals surface area contributed by atoms with Gasteiger partial charge in [-0.25, -0.2) is 9.59 Å². The molecule has 0 spiro atoms. The highest BCUT2D eigenvalue weighted by atomic mass is 19.4. The molecular formula is C46H43F3N4O6. The van der Waals surface area contributed by atoms with Crippen LogP contribution in [0.3, 0.4) is 0 Å². The molecule has 2 aromatic heterocycles. The lowest BCUT2D eigenvalue weighted by Crippen LogP contribution is -2.17. The number of aryl methyl sites for hydroxylation is 3. The average Bonchev–Trinajstić information content (AvgIpc) is 4.05. The molecule has 0 saturated heterocycles. The zero-order valence-electron chi connectivity index (χ0n) is 33.1. The van der Waals surface area contributed by atoms with Gasteiger partial charge in [-0.3, -0.25) is 9.97 Å². The fourth-order valence-electron chi connectivity index (χ4n) is 6.45. The minimum atomic E-state index is -4.76. The number of rotatable bonds is 12. The number of methoxy groups -OCH3 is 1. The summed E-state index contributed by atoms with van der Waals surface area (Å²) in [5, 5.41) is 15.9. The second-order valence-corrected chi connectivity index (χ2v) is 14.0. The van der Waals surface area contributed by atoms with Gasteiger partial charge in [0.2, 0.25) is 0 Å². The summed E-state index contributed by atoms with van der Waals surface area (Å²) in [6, 6.07) is 28.2. The molecule has 2 heterocycles. The molecular weight excluding hydrogens is 762 g/mol. The Morgan fingerprint density at radius 3 is 1.88 bits per heavy atom. The summed E-state index contributed by atoms with van der Waals surface area (Å²) in [5.74, 6) is -0.403. The van der Waals surface area contributed by atoms with E-state index >= 15 is 0 Å². The number of nitrogens with zero attached hydrogens (tertiary/aromatic N) is 2. The molecule has 6 aromatic rings. The number of carbonyl (C=O) groups is 2. The fourth-order valence-corrected chi connectivity index (χ4v) is 6.45. The Morgan fingerprint density at radius 2 is 1.31 bits per heavy atom. The van der Waals surface area contributed by atoms with Crippen LogP contribution < -0.4 is 20.1 Å². The van der Waals surface area contributed by atoms with Gasteiger partial charge in [0.15, 0.2) is 0 Å². The number of aromatic carboxylic acids is 1. The van der Waals surface area contributed by atoms with E-state index in [0.717, 1.165) is 52.2 Å². The molecule has 304 valence electrons. The number of pyridine rings is 2. The van der Waals surface area contributed by atoms with Gasteiger partial charge >= 0.3 is 18.3 Å². The van der Waals surface area contributed by atoms with Crippen molar-refractivity contribution in [3.05, 3.63) is 143 Å². The van der Waals surface area contributed by atoms with E-state index in [9.17, 15) is 27.9 Å². The van der Waals surface area contributed by atoms with Crippen molar-refractivity contribution in [3.63, 3.8) is 0 Å². The summed E-state index contributed by atoms with van der Waals surface area (Å²) in [4.78, 5) is 33.0. The number of alkyl halides is 3. The third-order valence-corrected chi connectivity index (χ3v) is 9.33. The van der Waals surface area contributed by atoms with Crippen molar-refractivity contribution in [2.75, 3.05) is 24.4 Å². The summed E-state index contributed by atoms with van der Waals surface area (Å²) in [6.45, 7) is 7.56. The molecule has 1 aliphatic rings. The molecule has 10 nitrogen and oxygen atoms in total. The minimum Gasteiger partial charge on any atom is -0.497 e. The number of aromatic nitrogens is 2. The number of benzene rings is 4. The smallest absolute Gasteiger partial charge is 0.497 e. The largest absolute Gasteiger partial charge is 0.573 e. The van der Waals surface area contributed by atoms with Gasteiger partial charge in [-0.1, -0.05) is 47.5 Å². The zero-order valence-corrected chi connectivity index (χ0v) is 33.1. The van der Waals surface area contributed by atoms with Crippen molar-refractivity contribution in [1.82, 2.24) is 9.97 Å². The number of carboxylic acids is 1. The van der Waals surface area contributed by atoms with Gasteiger partial charge in [0.1, 0.15) is 11.5 Å². The summed E-state index contributed by atoms with van der Waals surface area (Å²) >= 11 is 0. The third-order valence-electron chi connectivity index (χ3n) is 9.33. The van der Waals surface area contributed by atoms with Crippen molar-refractivity contribution in [2.45, 2.75) is 52.8 Å². The molecule has 7 rings (SSSR count). The summed E-state index contributed by atoms with van der Waals surface area (Å²) < 4.78 is 51.9. The van der Waals surface area contributed by atoms with Crippen LogP contribution in [0.2, 0.25) is 0 Å². The number of nitrogens with one attached hydrogen (secondary N) is 2. The van der Waals surface area contributed by atoms with Crippen molar-refractivity contribution in [2.24, 2.45) is 0 Å². The Balaban J connectivity index is 0.000000199. The monoisotopic (exact) mass is 804 g/mol. The van der Waals surface area contributed by atoms with E-state index in [0.29, 0.717) is 39.8 Å². The van der Waals surface area contributed by atoms with Gasteiger partial charge in [-0.05, 0) is 118 Å². The van der Waals surface area contributed by atoms with Gasteiger partial charge < -0.3 is 30.0 Å². The van der Waals surface area contributed by atoms with Gasteiger partial charge in [0.25, 0.3) is 0 Å². The molecule has 3 N–H and O–H groups in total. The lowest BCUT2D eigenvalue weighted by atomic mass is 10.0. The molecule has 0 amide bonds. The number of carbonyl (C=O) groups excluding carboxylic acids is 1. The minimum absolute atomic E-state index is 0.254. The highest BCUT2D eigenvalue weighted by Gasteiger charge is 2.31. The summed E-state index contributed by atoms with van der Waals surface area (Å²) in [5.41, 5.74) is 9.94. The Hall–Kier alpha value is -6.89. The fraction of sp³-hybridized carbons (Fsp3) is 0.217. The molecule has 0 atom stereocenters. The first kappa shape index (κ1) is 41.7. The average molecular weight is 805 g/mol. The van der Waals surface area contributed by atoms with Crippen LogP contribution in [0.4, 0.5) is 35.9 Å². The standard InChI is InChI=1S/C23H21F3N2O3.C23H22N2O3/c1-4-30-22(29)19-10-14(2)8-9-20(19)28-17-11-15(3)21(27-13-17)16-6-5-7-18(12-16)31-23(24,25)26;1-14-6-9-21(20(10-14)23(26)27)25-17-12-19(15-7-8-15)22(24-13-17)16-4-3-5-18(11-16)28-2/h5-13,28H,4H2,1-3H3;3-6,9-13,15,25H,7-8H2,1-2H3,(H,26,27). The topological polar surface area (TPSA) is 132 Å². The predicted octanol–water partition coefficient (Wildman–Crippen LogP) is 11.6. The highest BCUT2D eigenvalue weighted by molar-refractivity contribution is 5.97. The molecule has 59 heavy (non-hydrogen) atoms. The predicted molar refractivity (Wildman–Crippen MR) is 221 cm³/mol. The molecule has 1 fully saturated rings. The summed E-state index contributed by atoms with van der Waals surface area (Å²) in [7, 11) is 1.66. The van der Waals surface area contributed by atoms with Crippen LogP contribution in [0.5, 0.6) is 11.5 Å². The molecule has 13 heteroatoms. The number of ether oxygens (including phenoxy) is 3. The number of anilines is 4. The zero-order chi connectivity index (χ0) is 42.3. The molecule has 0 bridgehead atoms. The van der Waals surface area contributed by atoms with Gasteiger partial charge in [-0.15, -0.1) is 13.2 Å². The Kier molecular flexibility index (Phi) is 12.8. The molecule has 1 saturated carbocycles. The van der Waals surface area contributed by atoms with E-state index in [4.69, 9.17) is 14.5 Å². The molecule has 0 radical (unpaired) electrons. The number of hydrogen-bond acceptors (Lipinski definition) is 9. The van der Waals surface area contributed by atoms with E-state index in [1.165, 1.54) is 23.8 Å². The van der Waals surface area contributed by atoms with Gasteiger partial charge in [0.05, 0.1) is 71.4 Å². The van der Waals surface area contributed by atoms with E-state index in [1.807, 2.05) is 50.2 Å². The Bertz CT molecular complexity index is 2490. The van der Waals surface area contributed by atoms with Gasteiger partial charge in [0, 0.05) is 11.1 Å². The Morgan fingerprint density at radius 1 is 0.746 bits per heavy atom. The first-order valence-corrected chi connectivity index (χ1v) is 18.8. The van der Waals surface area contributed by atoms with E-state index in [1.54, 1.807) is 69.7 Å². The van der Waals surface area contributed by atoms with E-state index in [-0.39, 0.29) is 17.9 Å². The number of halogens is 3. The van der Waals surface area contributed by atoms with Crippen molar-refractivity contribution in [1.29, 1.82) is 0 Å². The van der Waals surface area contributed by atoms with Crippen LogP contribution in [0.15, 0.2) is 109 Å². The first-order valence-electron chi connectivity index (χ1n) is 18.8. The van der Waals surface area contributed by atoms with Crippen LogP contribution >= 0.6 is 0 Å². The van der Waals surface area contributed by atoms with E-state index < -0.39 is 18.3 Å². The van der Waals surface area contributed by atoms with Crippen LogP contribution in [0.25, 0.3) is 22.5 Å². The first-order chi connectivity index (χ1) is 28.2. The second-order valence-electron chi connectivity index (χ2n) is 14.0. The SMILES string of the molecule is CCOC(=O)c1cc(C)ccc1Nc1cnc(-c2cccc(OC(F)(F)F)c2)c(C)c1.COc1cccc(-c2ncc(Nc3ccc(C)cc3C(=O)O)cc2C2CC2)c1. The third kappa shape index (κ3) is 10.9. The maximum atomic E-state index is 12.5. The molecule has 0 aliphatic heterocycles. The number of hydrogen-bond donors (Lipinski definition) is 3. The maximum absolute atomic E-state index is 12.5. The van der Waals surface area contributed by atoms with Crippen molar-refractivity contribution >= 4 is 34.7 Å². The quantitative estimate of drug-likeness (QED) is 0.103. The second kappa shape index (κ2) is 18.1. The molecule has 4 aromatic carbocycles. The van der Waals surface area contributed by atoms with Crippen molar-refractivity contribution < 1.29 is 42.1 Å². The summed E-state index contributed by atoms with van der Waals surface area (Å²) in [6.07, 6.45) is 0.833. The van der Waals surface area contributed by atoms with Crippen LogP contribution in [0.1, 0.15) is 68.7 Å². The van der Waals surface area contributed by atoms with Crippen LogP contribution in [-0.4, -0.2) is 47.1 Å². The van der Waals surface area contributed by atoms with E-state index in [2.05, 4.69) is 26.4 Å². The highest BCUT2D eigenvalue weighted by Crippen LogP contribution is 2.45. The molecule has 1 aliphatic carbocycles. The number of carboxylic acid groups (broad SMARTS) is 1. The number of esters is 1. The van der Waals surface area contributed by atoms with Gasteiger partial charge in [-0.2, -0.15) is 0 Å².